The molecule has 0 amide bonds. The van der Waals surface area contributed by atoms with Crippen LogP contribution in [0.1, 0.15) is 0 Å². The van der Waals surface area contributed by atoms with Crippen LogP contribution in [0.25, 0.3) is 0 Å². The molecule has 0 radical (unpaired) electrons. The second kappa shape index (κ2) is 3.19. The number of rotatable bonds is 1. The number of halogens is 1. The van der Waals surface area contributed by atoms with Gasteiger partial charge in [-0.3, -0.25) is 9.38 Å². The highest BCUT2D eigenvalue weighted by atomic mass is 35.5. The molecule has 0 atom stereocenters. The van der Waals surface area contributed by atoms with Gasteiger partial charge in [-0.1, -0.05) is 5.16 Å². The highest BCUT2D eigenvalue weighted by Gasteiger charge is 1.96. The Labute approximate surface area is 57.1 Å². The lowest BCUT2D eigenvalue weighted by Gasteiger charge is -1.94. The van der Waals surface area contributed by atoms with Crippen LogP contribution in [0, 0.1) is 0 Å². The number of oxime groups is 1. The SMILES string of the molecule is ClON=C1C=NC=NC1. The van der Waals surface area contributed by atoms with E-state index < -0.39 is 0 Å². The van der Waals surface area contributed by atoms with Gasteiger partial charge in [-0.2, -0.15) is 0 Å². The minimum atomic E-state index is 0.482. The van der Waals surface area contributed by atoms with Crippen LogP contribution in [-0.2, 0) is 4.39 Å². The average molecular weight is 146 g/mol. The summed E-state index contributed by atoms with van der Waals surface area (Å²) in [4.78, 5) is 7.48. The zero-order valence-electron chi connectivity index (χ0n) is 4.49. The maximum atomic E-state index is 4.83. The van der Waals surface area contributed by atoms with Crippen molar-refractivity contribution in [1.29, 1.82) is 0 Å². The Kier molecular flexibility index (Phi) is 2.21. The number of hydrogen-bond donors (Lipinski definition) is 0. The molecule has 0 unspecified atom stereocenters. The standard InChI is InChI=1S/C4H4ClN3O/c5-9-8-4-1-6-3-7-2-4/h1,3H,2H2. The highest BCUT2D eigenvalue weighted by Crippen LogP contribution is 1.87. The molecule has 0 bridgehead atoms. The fraction of sp³-hybridized carbons (Fsp3) is 0.250. The molecule has 0 aromatic carbocycles. The van der Waals surface area contributed by atoms with Crippen LogP contribution < -0.4 is 0 Å². The van der Waals surface area contributed by atoms with E-state index in [0.717, 1.165) is 0 Å². The molecule has 0 aromatic rings. The Hall–Kier alpha value is -0.900. The molecule has 0 fully saturated rings. The Balaban J connectivity index is 2.55. The summed E-state index contributed by atoms with van der Waals surface area (Å²) in [5, 5.41) is 3.40. The molecule has 0 saturated carbocycles. The molecule has 1 aliphatic heterocycles. The van der Waals surface area contributed by atoms with Crippen LogP contribution in [0.4, 0.5) is 0 Å². The molecular weight excluding hydrogens is 142 g/mol. The van der Waals surface area contributed by atoms with Crippen molar-refractivity contribution >= 4 is 30.1 Å². The van der Waals surface area contributed by atoms with E-state index in [9.17, 15) is 0 Å². The van der Waals surface area contributed by atoms with E-state index in [1.165, 1.54) is 12.6 Å². The lowest BCUT2D eigenvalue weighted by atomic mass is 10.4. The first-order valence-corrected chi connectivity index (χ1v) is 2.60. The molecule has 0 saturated heterocycles. The zero-order valence-corrected chi connectivity index (χ0v) is 5.25. The van der Waals surface area contributed by atoms with Gasteiger partial charge >= 0.3 is 0 Å². The minimum Gasteiger partial charge on any atom is -0.277 e. The second-order valence-electron chi connectivity index (χ2n) is 1.39. The van der Waals surface area contributed by atoms with Gasteiger partial charge in [0.2, 0.25) is 0 Å². The molecule has 1 heterocycles. The van der Waals surface area contributed by atoms with E-state index in [4.69, 9.17) is 11.9 Å². The van der Waals surface area contributed by atoms with Gasteiger partial charge in [0.25, 0.3) is 0 Å². The van der Waals surface area contributed by atoms with E-state index in [2.05, 4.69) is 19.5 Å². The molecular formula is C4H4ClN3O. The van der Waals surface area contributed by atoms with Crippen molar-refractivity contribution in [3.63, 3.8) is 0 Å². The van der Waals surface area contributed by atoms with Gasteiger partial charge in [0.15, 0.2) is 11.9 Å². The minimum absolute atomic E-state index is 0.482. The van der Waals surface area contributed by atoms with Crippen molar-refractivity contribution < 1.29 is 4.39 Å². The van der Waals surface area contributed by atoms with Crippen molar-refractivity contribution in [2.45, 2.75) is 0 Å². The summed E-state index contributed by atoms with van der Waals surface area (Å²) in [6.07, 6.45) is 2.99. The van der Waals surface area contributed by atoms with Crippen molar-refractivity contribution in [2.75, 3.05) is 6.54 Å². The van der Waals surface area contributed by atoms with E-state index in [1.807, 2.05) is 0 Å². The van der Waals surface area contributed by atoms with Crippen molar-refractivity contribution in [3.8, 4) is 0 Å². The Morgan fingerprint density at radius 3 is 3.22 bits per heavy atom. The molecule has 4 nitrogen and oxygen atoms in total. The Morgan fingerprint density at radius 2 is 2.67 bits per heavy atom. The van der Waals surface area contributed by atoms with Crippen molar-refractivity contribution in [3.05, 3.63) is 0 Å². The molecule has 9 heavy (non-hydrogen) atoms. The number of hydrogen-bond acceptors (Lipinski definition) is 4. The van der Waals surface area contributed by atoms with E-state index in [1.54, 1.807) is 0 Å². The van der Waals surface area contributed by atoms with Gasteiger partial charge in [-0.25, -0.2) is 4.99 Å². The smallest absolute Gasteiger partial charge is 0.167 e. The van der Waals surface area contributed by atoms with E-state index >= 15 is 0 Å². The third-order valence-corrected chi connectivity index (χ3v) is 0.846. The van der Waals surface area contributed by atoms with E-state index in [0.29, 0.717) is 12.3 Å². The number of nitrogens with zero attached hydrogens (tertiary/aromatic N) is 3. The lowest BCUT2D eigenvalue weighted by Crippen LogP contribution is -2.08. The van der Waals surface area contributed by atoms with Crippen LogP contribution in [0.15, 0.2) is 15.1 Å². The largest absolute Gasteiger partial charge is 0.277 e. The van der Waals surface area contributed by atoms with Gasteiger partial charge in [0, 0.05) is 0 Å². The molecule has 0 N–H and O–H groups in total. The third-order valence-electron chi connectivity index (χ3n) is 0.777. The van der Waals surface area contributed by atoms with Gasteiger partial charge in [-0.15, -0.1) is 0 Å². The summed E-state index contributed by atoms with van der Waals surface area (Å²) < 4.78 is 3.98. The van der Waals surface area contributed by atoms with Crippen LogP contribution in [0.5, 0.6) is 0 Å². The Morgan fingerprint density at radius 1 is 1.78 bits per heavy atom. The van der Waals surface area contributed by atoms with Crippen LogP contribution in [-0.4, -0.2) is 24.8 Å². The highest BCUT2D eigenvalue weighted by molar-refractivity contribution is 6.33. The van der Waals surface area contributed by atoms with Crippen molar-refractivity contribution in [1.82, 2.24) is 0 Å². The molecule has 5 heteroatoms. The Bertz CT molecular complexity index is 175. The quantitative estimate of drug-likeness (QED) is 0.499. The van der Waals surface area contributed by atoms with Crippen molar-refractivity contribution in [2.24, 2.45) is 15.1 Å². The normalized spacial score (nSPS) is 20.8. The molecule has 0 spiro atoms. The summed E-state index contributed by atoms with van der Waals surface area (Å²) in [5.74, 6) is 0. The average Bonchev–Trinajstić information content (AvgIpc) is 1.91. The predicted octanol–water partition coefficient (Wildman–Crippen LogP) is 0.625. The first kappa shape index (κ1) is 6.22. The zero-order chi connectivity index (χ0) is 6.53. The summed E-state index contributed by atoms with van der Waals surface area (Å²) in [6, 6.07) is 0. The predicted molar refractivity (Wildman–Crippen MR) is 36.2 cm³/mol. The first-order chi connectivity index (χ1) is 4.43. The molecule has 1 aliphatic rings. The van der Waals surface area contributed by atoms with Crippen LogP contribution >= 0.6 is 11.9 Å². The fourth-order valence-corrected chi connectivity index (χ4v) is 0.527. The summed E-state index contributed by atoms with van der Waals surface area (Å²) in [6.45, 7) is 0.482. The topological polar surface area (TPSA) is 46.3 Å². The second-order valence-corrected chi connectivity index (χ2v) is 1.52. The van der Waals surface area contributed by atoms with Gasteiger partial charge in [0.05, 0.1) is 12.8 Å². The summed E-state index contributed by atoms with van der Waals surface area (Å²) in [5.41, 5.74) is 0.618. The fourth-order valence-electron chi connectivity index (χ4n) is 0.438. The maximum Gasteiger partial charge on any atom is 0.167 e. The van der Waals surface area contributed by atoms with Gasteiger partial charge in [-0.05, 0) is 0 Å². The number of aliphatic imine (C=N–C) groups is 2. The lowest BCUT2D eigenvalue weighted by molar-refractivity contribution is 0.381. The van der Waals surface area contributed by atoms with Gasteiger partial charge < -0.3 is 0 Å². The monoisotopic (exact) mass is 145 g/mol. The van der Waals surface area contributed by atoms with Crippen LogP contribution in [0.3, 0.4) is 0 Å². The molecule has 48 valence electrons. The first-order valence-electron chi connectivity index (χ1n) is 2.29. The summed E-state index contributed by atoms with van der Waals surface area (Å²) in [7, 11) is 0. The molecule has 1 rings (SSSR count). The molecule has 0 aromatic heterocycles. The third kappa shape index (κ3) is 1.81. The van der Waals surface area contributed by atoms with E-state index in [-0.39, 0.29) is 0 Å². The maximum absolute atomic E-state index is 4.83. The molecule has 0 aliphatic carbocycles. The van der Waals surface area contributed by atoms with Crippen LogP contribution in [0.2, 0.25) is 0 Å². The van der Waals surface area contributed by atoms with Gasteiger partial charge in [0.1, 0.15) is 12.1 Å². The summed E-state index contributed by atoms with van der Waals surface area (Å²) >= 11 is 4.83.